The van der Waals surface area contributed by atoms with Crippen LogP contribution in [0.1, 0.15) is 16.8 Å². The van der Waals surface area contributed by atoms with Crippen LogP contribution in [0.2, 0.25) is 0 Å². The summed E-state index contributed by atoms with van der Waals surface area (Å²) in [5.41, 5.74) is 2.03. The molecule has 1 unspecified atom stereocenters. The number of nitrogens with zero attached hydrogens (tertiary/aromatic N) is 2. The Morgan fingerprint density at radius 3 is 2.63 bits per heavy atom. The molecule has 0 aliphatic rings. The minimum atomic E-state index is -0.913. The van der Waals surface area contributed by atoms with Crippen LogP contribution in [0.15, 0.2) is 42.6 Å². The third-order valence-corrected chi connectivity index (χ3v) is 4.28. The molecule has 3 rings (SSSR count). The van der Waals surface area contributed by atoms with E-state index in [-0.39, 0.29) is 6.42 Å². The van der Waals surface area contributed by atoms with E-state index in [1.54, 1.807) is 12.1 Å². The predicted molar refractivity (Wildman–Crippen MR) is 101 cm³/mol. The molecule has 2 heterocycles. The van der Waals surface area contributed by atoms with Gasteiger partial charge in [-0.1, -0.05) is 6.07 Å². The molecule has 0 aliphatic carbocycles. The summed E-state index contributed by atoms with van der Waals surface area (Å²) in [6.45, 7) is 0.479. The van der Waals surface area contributed by atoms with Crippen molar-refractivity contribution in [1.29, 1.82) is 0 Å². The zero-order valence-electron chi connectivity index (χ0n) is 15.5. The lowest BCUT2D eigenvalue weighted by molar-refractivity contribution is -0.139. The molecule has 1 atom stereocenters. The van der Waals surface area contributed by atoms with Crippen LogP contribution in [0.5, 0.6) is 5.75 Å². The predicted octanol–water partition coefficient (Wildman–Crippen LogP) is 2.66. The number of aliphatic carboxylic acids is 1. The number of benzene rings is 1. The second-order valence-electron chi connectivity index (χ2n) is 6.60. The number of carboxylic acids is 1. The van der Waals surface area contributed by atoms with E-state index in [2.05, 4.69) is 0 Å². The zero-order chi connectivity index (χ0) is 19.6. The van der Waals surface area contributed by atoms with E-state index in [4.69, 9.17) is 14.6 Å². The van der Waals surface area contributed by atoms with Crippen LogP contribution in [-0.4, -0.2) is 60.2 Å². The van der Waals surface area contributed by atoms with Crippen LogP contribution in [-0.2, 0) is 9.53 Å². The van der Waals surface area contributed by atoms with Crippen molar-refractivity contribution in [2.75, 3.05) is 27.7 Å². The van der Waals surface area contributed by atoms with Gasteiger partial charge in [-0.25, -0.2) is 4.79 Å². The van der Waals surface area contributed by atoms with Gasteiger partial charge in [0.2, 0.25) is 0 Å². The first-order valence-corrected chi connectivity index (χ1v) is 8.55. The number of hydrogen-bond acceptors (Lipinski definition) is 5. The Kier molecular flexibility index (Phi) is 5.32. The monoisotopic (exact) mass is 370 g/mol. The Morgan fingerprint density at radius 2 is 1.96 bits per heavy atom. The Morgan fingerprint density at radius 1 is 1.19 bits per heavy atom. The lowest BCUT2D eigenvalue weighted by Crippen LogP contribution is -2.32. The van der Waals surface area contributed by atoms with Crippen molar-refractivity contribution in [3.8, 4) is 5.75 Å². The highest BCUT2D eigenvalue weighted by atomic mass is 16.5. The van der Waals surface area contributed by atoms with Gasteiger partial charge in [0.15, 0.2) is 0 Å². The number of pyridine rings is 1. The van der Waals surface area contributed by atoms with Gasteiger partial charge in [0.25, 0.3) is 0 Å². The smallest absolute Gasteiger partial charge is 0.340 e. The van der Waals surface area contributed by atoms with E-state index in [1.165, 1.54) is 7.11 Å². The van der Waals surface area contributed by atoms with E-state index in [0.717, 1.165) is 16.4 Å². The number of fused-ring (bicyclic) bond motifs is 3. The van der Waals surface area contributed by atoms with E-state index >= 15 is 0 Å². The molecule has 27 heavy (non-hydrogen) atoms. The van der Waals surface area contributed by atoms with Crippen LogP contribution in [0.4, 0.5) is 0 Å². The van der Waals surface area contributed by atoms with Gasteiger partial charge < -0.3 is 23.9 Å². The number of carbonyl (C=O) groups excluding carboxylic acids is 1. The highest BCUT2D eigenvalue weighted by molar-refractivity contribution is 6.11. The molecule has 0 saturated heterocycles. The molecule has 0 saturated carbocycles. The number of hydrogen-bond donors (Lipinski definition) is 1. The zero-order valence-corrected chi connectivity index (χ0v) is 15.5. The molecule has 0 radical (unpaired) electrons. The SMILES string of the molecule is COC(=O)c1c2ccc(OC(CC(=O)O)CN(C)C)cc2n2ccccc12. The first kappa shape index (κ1) is 18.7. The number of aromatic nitrogens is 1. The van der Waals surface area contributed by atoms with Crippen LogP contribution in [0.3, 0.4) is 0 Å². The molecule has 0 aliphatic heterocycles. The molecular formula is C20H22N2O5. The Labute approximate surface area is 156 Å². The van der Waals surface area contributed by atoms with Gasteiger partial charge in [-0.15, -0.1) is 0 Å². The summed E-state index contributed by atoms with van der Waals surface area (Å²) >= 11 is 0. The van der Waals surface area contributed by atoms with Gasteiger partial charge in [0.05, 0.1) is 30.1 Å². The fourth-order valence-corrected chi connectivity index (χ4v) is 3.24. The average molecular weight is 370 g/mol. The maximum atomic E-state index is 12.3. The van der Waals surface area contributed by atoms with E-state index in [9.17, 15) is 9.59 Å². The first-order chi connectivity index (χ1) is 12.9. The summed E-state index contributed by atoms with van der Waals surface area (Å²) in [4.78, 5) is 25.3. The third-order valence-electron chi connectivity index (χ3n) is 4.28. The summed E-state index contributed by atoms with van der Waals surface area (Å²) in [5, 5.41) is 9.88. The number of carbonyl (C=O) groups is 2. The fraction of sp³-hybridized carbons (Fsp3) is 0.300. The average Bonchev–Trinajstić information content (AvgIpc) is 2.94. The quantitative estimate of drug-likeness (QED) is 0.644. The lowest BCUT2D eigenvalue weighted by Gasteiger charge is -2.21. The van der Waals surface area contributed by atoms with E-state index in [0.29, 0.717) is 17.9 Å². The summed E-state index contributed by atoms with van der Waals surface area (Å²) in [7, 11) is 5.09. The number of ether oxygens (including phenoxy) is 2. The second-order valence-corrected chi connectivity index (χ2v) is 6.60. The standard InChI is InChI=1S/C20H22N2O5/c1-21(2)12-14(11-18(23)24)27-13-7-8-15-17(10-13)22-9-5-4-6-16(22)19(15)20(25)26-3/h4-10,14H,11-12H2,1-3H3,(H,23,24). The third kappa shape index (κ3) is 3.88. The number of likely N-dealkylation sites (N-methyl/N-ethyl adjacent to an activating group) is 1. The van der Waals surface area contributed by atoms with Gasteiger partial charge in [-0.05, 0) is 38.4 Å². The highest BCUT2D eigenvalue weighted by Crippen LogP contribution is 2.30. The first-order valence-electron chi connectivity index (χ1n) is 8.55. The van der Waals surface area contributed by atoms with Gasteiger partial charge in [-0.3, -0.25) is 4.79 Å². The van der Waals surface area contributed by atoms with Gasteiger partial charge >= 0.3 is 11.9 Å². The van der Waals surface area contributed by atoms with Crippen molar-refractivity contribution >= 4 is 28.4 Å². The van der Waals surface area contributed by atoms with Crippen LogP contribution >= 0.6 is 0 Å². The molecule has 1 aromatic carbocycles. The largest absolute Gasteiger partial charge is 0.488 e. The van der Waals surface area contributed by atoms with Gasteiger partial charge in [0, 0.05) is 24.2 Å². The summed E-state index contributed by atoms with van der Waals surface area (Å²) < 4.78 is 12.8. The Balaban J connectivity index is 2.05. The van der Waals surface area contributed by atoms with Gasteiger partial charge in [-0.2, -0.15) is 0 Å². The fourth-order valence-electron chi connectivity index (χ4n) is 3.24. The van der Waals surface area contributed by atoms with Crippen molar-refractivity contribution < 1.29 is 24.2 Å². The highest BCUT2D eigenvalue weighted by Gasteiger charge is 2.20. The minimum Gasteiger partial charge on any atom is -0.488 e. The molecule has 2 aromatic heterocycles. The van der Waals surface area contributed by atoms with Crippen LogP contribution < -0.4 is 4.74 Å². The maximum Gasteiger partial charge on any atom is 0.340 e. The molecule has 0 amide bonds. The van der Waals surface area contributed by atoms with E-state index < -0.39 is 18.0 Å². The lowest BCUT2D eigenvalue weighted by atomic mass is 10.1. The second kappa shape index (κ2) is 7.67. The topological polar surface area (TPSA) is 80.5 Å². The summed E-state index contributed by atoms with van der Waals surface area (Å²) in [6.07, 6.45) is 1.28. The molecule has 0 bridgehead atoms. The van der Waals surface area contributed by atoms with E-state index in [1.807, 2.05) is 53.9 Å². The van der Waals surface area contributed by atoms with Crippen molar-refractivity contribution in [2.24, 2.45) is 0 Å². The molecule has 7 heteroatoms. The molecule has 142 valence electrons. The molecule has 7 nitrogen and oxygen atoms in total. The minimum absolute atomic E-state index is 0.0987. The van der Waals surface area contributed by atoms with Crippen LogP contribution in [0, 0.1) is 0 Å². The number of carboxylic acid groups (broad SMARTS) is 1. The van der Waals surface area contributed by atoms with Crippen molar-refractivity contribution in [2.45, 2.75) is 12.5 Å². The van der Waals surface area contributed by atoms with Crippen LogP contribution in [0.25, 0.3) is 16.4 Å². The van der Waals surface area contributed by atoms with Gasteiger partial charge in [0.1, 0.15) is 11.9 Å². The Hall–Kier alpha value is -3.06. The summed E-state index contributed by atoms with van der Waals surface area (Å²) in [6, 6.07) is 11.0. The number of esters is 1. The number of rotatable bonds is 7. The van der Waals surface area contributed by atoms with Crippen molar-refractivity contribution in [3.63, 3.8) is 0 Å². The molecule has 0 fully saturated rings. The van der Waals surface area contributed by atoms with Crippen molar-refractivity contribution in [1.82, 2.24) is 9.30 Å². The maximum absolute atomic E-state index is 12.3. The molecule has 1 N–H and O–H groups in total. The molecule has 3 aromatic rings. The van der Waals surface area contributed by atoms with Crippen molar-refractivity contribution in [3.05, 3.63) is 48.2 Å². The Bertz CT molecular complexity index is 993. The normalized spacial score (nSPS) is 12.4. The summed E-state index contributed by atoms with van der Waals surface area (Å²) in [5.74, 6) is -0.766. The number of methoxy groups -OCH3 is 1. The molecule has 0 spiro atoms. The molecular weight excluding hydrogens is 348 g/mol.